The van der Waals surface area contributed by atoms with Crippen molar-refractivity contribution in [1.29, 1.82) is 0 Å². The number of nitrogens with zero attached hydrogens (tertiary/aromatic N) is 5. The Balaban J connectivity index is 1.50. The fourth-order valence-electron chi connectivity index (χ4n) is 6.52. The van der Waals surface area contributed by atoms with Crippen LogP contribution in [-0.4, -0.2) is 99.6 Å². The Labute approximate surface area is 262 Å². The van der Waals surface area contributed by atoms with Crippen LogP contribution in [-0.2, 0) is 26.2 Å². The van der Waals surface area contributed by atoms with Crippen molar-refractivity contribution in [3.63, 3.8) is 0 Å². The number of aryl methyl sites for hydroxylation is 1. The van der Waals surface area contributed by atoms with Gasteiger partial charge in [0.15, 0.2) is 0 Å². The van der Waals surface area contributed by atoms with E-state index in [1.165, 1.54) is 4.31 Å². The Hall–Kier alpha value is -2.80. The van der Waals surface area contributed by atoms with Gasteiger partial charge in [0.1, 0.15) is 11.6 Å². The van der Waals surface area contributed by atoms with Crippen LogP contribution in [0.5, 0.6) is 0 Å². The summed E-state index contributed by atoms with van der Waals surface area (Å²) in [4.78, 5) is 31.6. The van der Waals surface area contributed by atoms with Crippen LogP contribution in [0.25, 0.3) is 5.69 Å². The van der Waals surface area contributed by atoms with Crippen LogP contribution in [0.15, 0.2) is 29.2 Å². The number of rotatable bonds is 12. The van der Waals surface area contributed by atoms with Crippen molar-refractivity contribution >= 4 is 21.8 Å². The average Bonchev–Trinajstić information content (AvgIpc) is 3.28. The molecule has 4 rings (SSSR count). The topological polar surface area (TPSA) is 128 Å². The molecule has 0 radical (unpaired) electrons. The maximum absolute atomic E-state index is 13.6. The lowest BCUT2D eigenvalue weighted by Gasteiger charge is -2.52. The van der Waals surface area contributed by atoms with Crippen LogP contribution >= 0.6 is 0 Å². The van der Waals surface area contributed by atoms with Crippen molar-refractivity contribution in [3.05, 3.63) is 41.2 Å². The number of amides is 2. The zero-order chi connectivity index (χ0) is 32.4. The molecular formula is C32H50N6O5S. The Morgan fingerprint density at radius 2 is 1.68 bits per heavy atom. The van der Waals surface area contributed by atoms with Crippen molar-refractivity contribution in [1.82, 2.24) is 29.2 Å². The molecule has 0 saturated carbocycles. The minimum Gasteiger partial charge on any atom is -0.390 e. The third-order valence-electron chi connectivity index (χ3n) is 9.45. The van der Waals surface area contributed by atoms with E-state index in [1.807, 2.05) is 46.2 Å². The van der Waals surface area contributed by atoms with E-state index in [4.69, 9.17) is 5.10 Å². The first-order valence-electron chi connectivity index (χ1n) is 16.0. The second-order valence-corrected chi connectivity index (χ2v) is 14.4. The van der Waals surface area contributed by atoms with Gasteiger partial charge in [-0.2, -0.15) is 9.40 Å². The lowest BCUT2D eigenvalue weighted by molar-refractivity contribution is -0.165. The van der Waals surface area contributed by atoms with Gasteiger partial charge < -0.3 is 15.3 Å². The smallest absolute Gasteiger partial charge is 0.248 e. The fourth-order valence-corrected chi connectivity index (χ4v) is 7.98. The summed E-state index contributed by atoms with van der Waals surface area (Å²) >= 11 is 0. The molecule has 3 heterocycles. The molecule has 12 heteroatoms. The summed E-state index contributed by atoms with van der Waals surface area (Å²) in [5.41, 5.74) is 2.84. The molecule has 11 nitrogen and oxygen atoms in total. The number of unbranched alkanes of at least 4 members (excludes halogenated alkanes) is 1. The summed E-state index contributed by atoms with van der Waals surface area (Å²) in [5.74, 6) is -0.500. The quantitative estimate of drug-likeness (QED) is 0.369. The number of piperazine rings is 1. The number of aromatic nitrogens is 2. The summed E-state index contributed by atoms with van der Waals surface area (Å²) in [6.45, 7) is 16.7. The highest BCUT2D eigenvalue weighted by molar-refractivity contribution is 7.89. The molecule has 2 unspecified atom stereocenters. The maximum atomic E-state index is 13.6. The third kappa shape index (κ3) is 6.31. The molecule has 2 amide bonds. The lowest BCUT2D eigenvalue weighted by atomic mass is 9.80. The molecule has 2 N–H and O–H groups in total. The van der Waals surface area contributed by atoms with Crippen LogP contribution in [0.1, 0.15) is 77.3 Å². The molecule has 0 aliphatic carbocycles. The number of aliphatic hydroxyl groups excluding tert-OH is 1. The van der Waals surface area contributed by atoms with Crippen molar-refractivity contribution < 1.29 is 23.1 Å². The van der Waals surface area contributed by atoms with E-state index in [9.17, 15) is 23.1 Å². The molecule has 0 bridgehead atoms. The monoisotopic (exact) mass is 630 g/mol. The number of nitrogens with one attached hydrogen (secondary N) is 1. The van der Waals surface area contributed by atoms with Gasteiger partial charge in [-0.25, -0.2) is 13.1 Å². The lowest BCUT2D eigenvalue weighted by Crippen LogP contribution is -2.74. The number of likely N-dealkylation sites (tertiary alicyclic amines) is 1. The minimum atomic E-state index is -3.54. The SMILES string of the molecule is CCCCN1C(=O)C(C(O)C(C)C)NC(=O)C12CCN(Cc1c(C)nn(-c3ccc(S(=O)(=O)N(CC)CC)cc3)c1C)CC2. The number of piperidine rings is 1. The first kappa shape index (κ1) is 34.1. The van der Waals surface area contributed by atoms with E-state index in [1.54, 1.807) is 29.2 Å². The van der Waals surface area contributed by atoms with Crippen molar-refractivity contribution in [2.45, 2.75) is 103 Å². The van der Waals surface area contributed by atoms with Crippen LogP contribution in [0, 0.1) is 19.8 Å². The molecule has 2 aliphatic heterocycles. The third-order valence-corrected chi connectivity index (χ3v) is 11.5. The average molecular weight is 631 g/mol. The second kappa shape index (κ2) is 13.7. The normalized spacial score (nSPS) is 20.1. The molecule has 1 aromatic heterocycles. The van der Waals surface area contributed by atoms with E-state index >= 15 is 0 Å². The Kier molecular flexibility index (Phi) is 10.6. The Morgan fingerprint density at radius 1 is 1.07 bits per heavy atom. The molecule has 2 fully saturated rings. The highest BCUT2D eigenvalue weighted by Crippen LogP contribution is 2.35. The Morgan fingerprint density at radius 3 is 2.23 bits per heavy atom. The number of aliphatic hydroxyl groups is 1. The number of carbonyl (C=O) groups excluding carboxylic acids is 2. The van der Waals surface area contributed by atoms with Crippen LogP contribution in [0.4, 0.5) is 0 Å². The van der Waals surface area contributed by atoms with Gasteiger partial charge in [0.2, 0.25) is 21.8 Å². The number of sulfonamides is 1. The first-order chi connectivity index (χ1) is 20.8. The summed E-state index contributed by atoms with van der Waals surface area (Å²) in [7, 11) is -3.54. The predicted octanol–water partition coefficient (Wildman–Crippen LogP) is 3.00. The van der Waals surface area contributed by atoms with E-state index in [0.29, 0.717) is 52.1 Å². The van der Waals surface area contributed by atoms with Gasteiger partial charge in [-0.15, -0.1) is 0 Å². The van der Waals surface area contributed by atoms with Crippen LogP contribution in [0.2, 0.25) is 0 Å². The number of hydrogen-bond donors (Lipinski definition) is 2. The number of carbonyl (C=O) groups is 2. The largest absolute Gasteiger partial charge is 0.390 e. The van der Waals surface area contributed by atoms with E-state index in [-0.39, 0.29) is 22.6 Å². The van der Waals surface area contributed by atoms with Crippen molar-refractivity contribution in [3.8, 4) is 5.69 Å². The molecule has 1 aromatic carbocycles. The van der Waals surface area contributed by atoms with Gasteiger partial charge in [-0.3, -0.25) is 14.5 Å². The zero-order valence-electron chi connectivity index (χ0n) is 27.3. The molecular weight excluding hydrogens is 580 g/mol. The predicted molar refractivity (Wildman–Crippen MR) is 170 cm³/mol. The molecule has 244 valence electrons. The van der Waals surface area contributed by atoms with E-state index in [2.05, 4.69) is 17.1 Å². The standard InChI is InChI=1S/C32H50N6O5S/c1-8-11-18-37-30(40)28(29(39)22(4)5)33-31(41)32(37)16-19-35(20-17-32)21-27-23(6)34-38(24(27)7)25-12-14-26(15-13-25)44(42,43)36(9-2)10-3/h12-15,22,28-29,39H,8-11,16-21H2,1-7H3,(H,33,41). The van der Waals surface area contributed by atoms with Gasteiger partial charge in [-0.1, -0.05) is 41.0 Å². The summed E-state index contributed by atoms with van der Waals surface area (Å²) in [6, 6.07) is 5.93. The molecule has 1 spiro atoms. The maximum Gasteiger partial charge on any atom is 0.248 e. The van der Waals surface area contributed by atoms with Gasteiger partial charge in [-0.05, 0) is 63.3 Å². The highest BCUT2D eigenvalue weighted by Gasteiger charge is 2.54. The number of benzene rings is 1. The summed E-state index contributed by atoms with van der Waals surface area (Å²) in [5, 5.41) is 18.4. The zero-order valence-corrected chi connectivity index (χ0v) is 28.2. The Bertz CT molecular complexity index is 1430. The molecule has 2 saturated heterocycles. The molecule has 2 atom stereocenters. The van der Waals surface area contributed by atoms with Crippen molar-refractivity contribution in [2.24, 2.45) is 5.92 Å². The summed E-state index contributed by atoms with van der Waals surface area (Å²) < 4.78 is 29.1. The van der Waals surface area contributed by atoms with Gasteiger partial charge in [0, 0.05) is 50.5 Å². The van der Waals surface area contributed by atoms with Crippen LogP contribution < -0.4 is 5.32 Å². The molecule has 2 aliphatic rings. The van der Waals surface area contributed by atoms with E-state index < -0.39 is 27.7 Å². The van der Waals surface area contributed by atoms with E-state index in [0.717, 1.165) is 35.5 Å². The summed E-state index contributed by atoms with van der Waals surface area (Å²) in [6.07, 6.45) is 1.82. The van der Waals surface area contributed by atoms with Crippen molar-refractivity contribution in [2.75, 3.05) is 32.7 Å². The van der Waals surface area contributed by atoms with Crippen LogP contribution in [0.3, 0.4) is 0 Å². The van der Waals surface area contributed by atoms with Gasteiger partial charge in [0.25, 0.3) is 0 Å². The molecule has 44 heavy (non-hydrogen) atoms. The van der Waals surface area contributed by atoms with Gasteiger partial charge >= 0.3 is 0 Å². The van der Waals surface area contributed by atoms with Gasteiger partial charge in [0.05, 0.1) is 22.4 Å². The second-order valence-electron chi connectivity index (χ2n) is 12.5. The first-order valence-corrected chi connectivity index (χ1v) is 17.4. The molecule has 2 aromatic rings. The minimum absolute atomic E-state index is 0.154. The fraction of sp³-hybridized carbons (Fsp3) is 0.656. The highest BCUT2D eigenvalue weighted by atomic mass is 32.2. The number of hydrogen-bond acceptors (Lipinski definition) is 7.